The predicted octanol–water partition coefficient (Wildman–Crippen LogP) is 5.64. The monoisotopic (exact) mass is 608 g/mol. The van der Waals surface area contributed by atoms with E-state index in [4.69, 9.17) is 24.3 Å². The van der Waals surface area contributed by atoms with Crippen molar-refractivity contribution in [2.75, 3.05) is 26.4 Å². The van der Waals surface area contributed by atoms with Gasteiger partial charge in [0.25, 0.3) is 5.91 Å². The molecule has 1 amide bonds. The molecule has 1 aliphatic heterocycles. The number of halogens is 1. The number of aliphatic imine (C=N–C) groups is 1. The Morgan fingerprint density at radius 3 is 2.42 bits per heavy atom. The average molecular weight is 610 g/mol. The van der Waals surface area contributed by atoms with Crippen molar-refractivity contribution in [3.05, 3.63) is 100 Å². The summed E-state index contributed by atoms with van der Waals surface area (Å²) in [6.45, 7) is 5.54. The van der Waals surface area contributed by atoms with Crippen LogP contribution in [0.1, 0.15) is 49.5 Å². The van der Waals surface area contributed by atoms with Crippen molar-refractivity contribution < 1.29 is 24.1 Å². The lowest BCUT2D eigenvalue weighted by atomic mass is 9.82. The first kappa shape index (κ1) is 29.8. The van der Waals surface area contributed by atoms with E-state index in [0.29, 0.717) is 50.7 Å². The summed E-state index contributed by atoms with van der Waals surface area (Å²) >= 11 is 3.52. The summed E-state index contributed by atoms with van der Waals surface area (Å²) in [6.07, 6.45) is 1.14. The Hall–Kier alpha value is -3.20. The number of amides is 1. The van der Waals surface area contributed by atoms with Crippen LogP contribution >= 0.6 is 15.9 Å². The van der Waals surface area contributed by atoms with Crippen molar-refractivity contribution in [1.82, 2.24) is 5.32 Å². The van der Waals surface area contributed by atoms with Crippen LogP contribution in [0.3, 0.4) is 0 Å². The van der Waals surface area contributed by atoms with Crippen LogP contribution in [0.4, 0.5) is 0 Å². The van der Waals surface area contributed by atoms with Gasteiger partial charge < -0.3 is 24.6 Å². The number of ether oxygens (including phenoxy) is 3. The quantitative estimate of drug-likeness (QED) is 0.231. The van der Waals surface area contributed by atoms with E-state index in [2.05, 4.69) is 21.2 Å². The topological polar surface area (TPSA) is 89.4 Å². The molecule has 1 aliphatic rings. The number of aliphatic hydroxyl groups is 1. The molecule has 0 aliphatic carbocycles. The lowest BCUT2D eigenvalue weighted by Gasteiger charge is -2.31. The van der Waals surface area contributed by atoms with Crippen LogP contribution in [0.5, 0.6) is 5.75 Å². The number of carbonyl (C=O) groups is 1. The maximum Gasteiger partial charge on any atom is 0.252 e. The largest absolute Gasteiger partial charge is 0.494 e. The molecular formula is C32H37BrN2O5. The Morgan fingerprint density at radius 1 is 1.02 bits per heavy atom. The van der Waals surface area contributed by atoms with E-state index in [1.807, 2.05) is 92.7 Å². The van der Waals surface area contributed by atoms with Crippen molar-refractivity contribution in [2.24, 2.45) is 4.99 Å². The van der Waals surface area contributed by atoms with Crippen molar-refractivity contribution in [3.8, 4) is 5.75 Å². The van der Waals surface area contributed by atoms with Gasteiger partial charge >= 0.3 is 0 Å². The van der Waals surface area contributed by atoms with Gasteiger partial charge in [0.05, 0.1) is 12.7 Å². The average Bonchev–Trinajstić information content (AvgIpc) is 3.34. The van der Waals surface area contributed by atoms with Gasteiger partial charge in [0.1, 0.15) is 5.75 Å². The molecule has 0 saturated heterocycles. The summed E-state index contributed by atoms with van der Waals surface area (Å²) in [5, 5.41) is 12.1. The summed E-state index contributed by atoms with van der Waals surface area (Å²) in [5.41, 5.74) is 1.38. The fourth-order valence-electron chi connectivity index (χ4n) is 4.57. The number of rotatable bonds is 14. The highest BCUT2D eigenvalue weighted by atomic mass is 79.9. The van der Waals surface area contributed by atoms with E-state index in [1.165, 1.54) is 0 Å². The zero-order valence-electron chi connectivity index (χ0n) is 23.0. The van der Waals surface area contributed by atoms with Crippen LogP contribution in [-0.2, 0) is 20.7 Å². The number of aliphatic hydroxyl groups excluding tert-OH is 1. The Labute approximate surface area is 244 Å². The van der Waals surface area contributed by atoms with Crippen LogP contribution in [0.15, 0.2) is 88.3 Å². The van der Waals surface area contributed by atoms with Crippen molar-refractivity contribution in [1.29, 1.82) is 0 Å². The lowest BCUT2D eigenvalue weighted by Crippen LogP contribution is -2.50. The second-order valence-corrected chi connectivity index (χ2v) is 10.9. The molecule has 2 N–H and O–H groups in total. The van der Waals surface area contributed by atoms with E-state index >= 15 is 0 Å². The van der Waals surface area contributed by atoms with Gasteiger partial charge in [0, 0.05) is 42.6 Å². The second kappa shape index (κ2) is 14.4. The smallest absolute Gasteiger partial charge is 0.252 e. The Bertz CT molecular complexity index is 1250. The molecule has 0 fully saturated rings. The van der Waals surface area contributed by atoms with Gasteiger partial charge in [-0.15, -0.1) is 0 Å². The highest BCUT2D eigenvalue weighted by Crippen LogP contribution is 2.42. The van der Waals surface area contributed by atoms with Crippen LogP contribution in [0, 0.1) is 0 Å². The zero-order chi connectivity index (χ0) is 28.4. The molecule has 212 valence electrons. The SMILES string of the molecule is CC(C)OCCCNC(=O)[C@]1(Cc2ccccc2)N=C(c2ccc(OCCCO)cc2)O[C@@H]1c1ccc(Br)cc1. The van der Waals surface area contributed by atoms with Gasteiger partial charge in [-0.05, 0) is 67.8 Å². The van der Waals surface area contributed by atoms with Gasteiger partial charge in [-0.2, -0.15) is 0 Å². The molecule has 2 atom stereocenters. The molecule has 0 radical (unpaired) electrons. The molecule has 0 unspecified atom stereocenters. The first-order chi connectivity index (χ1) is 19.4. The number of hydrogen-bond donors (Lipinski definition) is 2. The van der Waals surface area contributed by atoms with Crippen molar-refractivity contribution in [2.45, 2.75) is 50.9 Å². The standard InChI is InChI=1S/C32H37BrN2O5/c1-23(2)38-20-6-18-34-31(37)32(22-24-8-4-3-5-9-24)29(25-10-14-27(33)15-11-25)40-30(35-32)26-12-16-28(17-13-26)39-21-7-19-36/h3-5,8-17,23,29,36H,6-7,18-22H2,1-2H3,(H,34,37)/t29-,32-/m1/s1. The molecule has 8 heteroatoms. The Morgan fingerprint density at radius 2 is 1.75 bits per heavy atom. The molecule has 0 bridgehead atoms. The first-order valence-electron chi connectivity index (χ1n) is 13.7. The van der Waals surface area contributed by atoms with E-state index in [0.717, 1.165) is 21.2 Å². The van der Waals surface area contributed by atoms with E-state index < -0.39 is 11.6 Å². The highest BCUT2D eigenvalue weighted by Gasteiger charge is 2.53. The van der Waals surface area contributed by atoms with Gasteiger partial charge in [0.15, 0.2) is 11.6 Å². The minimum Gasteiger partial charge on any atom is -0.494 e. The predicted molar refractivity (Wildman–Crippen MR) is 160 cm³/mol. The fourth-order valence-corrected chi connectivity index (χ4v) is 4.84. The molecule has 4 rings (SSSR count). The Kier molecular flexibility index (Phi) is 10.7. The van der Waals surface area contributed by atoms with Crippen LogP contribution < -0.4 is 10.1 Å². The van der Waals surface area contributed by atoms with Gasteiger partial charge in [0.2, 0.25) is 5.90 Å². The third kappa shape index (κ3) is 7.71. The molecule has 40 heavy (non-hydrogen) atoms. The Balaban J connectivity index is 1.68. The third-order valence-electron chi connectivity index (χ3n) is 6.58. The molecule has 0 aromatic heterocycles. The number of benzene rings is 3. The number of hydrogen-bond acceptors (Lipinski definition) is 6. The summed E-state index contributed by atoms with van der Waals surface area (Å²) in [5.74, 6) is 0.911. The first-order valence-corrected chi connectivity index (χ1v) is 14.5. The number of carbonyl (C=O) groups excluding carboxylic acids is 1. The van der Waals surface area contributed by atoms with Crippen LogP contribution in [-0.4, -0.2) is 54.9 Å². The maximum atomic E-state index is 14.1. The molecule has 3 aromatic rings. The summed E-state index contributed by atoms with van der Waals surface area (Å²) in [6, 6.07) is 25.2. The van der Waals surface area contributed by atoms with E-state index in [1.54, 1.807) is 0 Å². The van der Waals surface area contributed by atoms with Crippen LogP contribution in [0.25, 0.3) is 0 Å². The minimum absolute atomic E-state index is 0.0798. The minimum atomic E-state index is -1.22. The summed E-state index contributed by atoms with van der Waals surface area (Å²) in [4.78, 5) is 19.2. The molecule has 3 aromatic carbocycles. The number of nitrogens with zero attached hydrogens (tertiary/aromatic N) is 1. The molecule has 0 spiro atoms. The molecule has 1 heterocycles. The fraction of sp³-hybridized carbons (Fsp3) is 0.375. The summed E-state index contributed by atoms with van der Waals surface area (Å²) in [7, 11) is 0. The van der Waals surface area contributed by atoms with Gasteiger partial charge in [-0.3, -0.25) is 4.79 Å². The van der Waals surface area contributed by atoms with Crippen LogP contribution in [0.2, 0.25) is 0 Å². The summed E-state index contributed by atoms with van der Waals surface area (Å²) < 4.78 is 18.8. The highest BCUT2D eigenvalue weighted by molar-refractivity contribution is 9.10. The normalized spacial score (nSPS) is 18.3. The van der Waals surface area contributed by atoms with Crippen molar-refractivity contribution in [3.63, 3.8) is 0 Å². The third-order valence-corrected chi connectivity index (χ3v) is 7.11. The zero-order valence-corrected chi connectivity index (χ0v) is 24.6. The molecular weight excluding hydrogens is 572 g/mol. The second-order valence-electron chi connectivity index (χ2n) is 10.0. The maximum absolute atomic E-state index is 14.1. The van der Waals surface area contributed by atoms with E-state index in [-0.39, 0.29) is 18.6 Å². The number of nitrogens with one attached hydrogen (secondary N) is 1. The molecule has 7 nitrogen and oxygen atoms in total. The van der Waals surface area contributed by atoms with Crippen molar-refractivity contribution >= 4 is 27.7 Å². The molecule has 0 saturated carbocycles. The van der Waals surface area contributed by atoms with E-state index in [9.17, 15) is 4.79 Å². The van der Waals surface area contributed by atoms with Gasteiger partial charge in [-0.25, -0.2) is 4.99 Å². The van der Waals surface area contributed by atoms with Gasteiger partial charge in [-0.1, -0.05) is 58.4 Å². The lowest BCUT2D eigenvalue weighted by molar-refractivity contribution is -0.129.